The largest absolute Gasteiger partial charge is 0.420 e. The van der Waals surface area contributed by atoms with Crippen LogP contribution in [-0.4, -0.2) is 23.8 Å². The van der Waals surface area contributed by atoms with Crippen molar-refractivity contribution in [2.24, 2.45) is 0 Å². The van der Waals surface area contributed by atoms with Gasteiger partial charge >= 0.3 is 6.09 Å². The number of Topliss-reactive ketones (excluding diaryl/α,β-unsaturated/α-hetero) is 1. The highest BCUT2D eigenvalue weighted by Crippen LogP contribution is 2.41. The summed E-state index contributed by atoms with van der Waals surface area (Å²) < 4.78 is 4.92. The second-order valence-electron chi connectivity index (χ2n) is 5.50. The fraction of sp³-hybridized carbons (Fsp3) is 0.167. The van der Waals surface area contributed by atoms with E-state index in [0.29, 0.717) is 22.0 Å². The van der Waals surface area contributed by atoms with Gasteiger partial charge in [-0.15, -0.1) is 11.3 Å². The van der Waals surface area contributed by atoms with Gasteiger partial charge in [0, 0.05) is 6.42 Å². The van der Waals surface area contributed by atoms with Crippen LogP contribution in [0.2, 0.25) is 0 Å². The Morgan fingerprint density at radius 1 is 1.36 bits per heavy atom. The summed E-state index contributed by atoms with van der Waals surface area (Å²) in [4.78, 5) is 38.5. The standard InChI is InChI=1S/C18H16N2O4S/c1-3-24-18(23)20-14(9-12-7-5-4-6-8-12)16(22)19-13-10-15(11(2)21)25-17(13)20/h3-8,10,14H,1,9H2,2H3,(H,19,22)/t14-/m0/s1. The molecule has 1 N–H and O–H groups in total. The molecule has 0 saturated carbocycles. The second-order valence-corrected chi connectivity index (χ2v) is 6.53. The van der Waals surface area contributed by atoms with Gasteiger partial charge in [-0.2, -0.15) is 0 Å². The van der Waals surface area contributed by atoms with Crippen molar-refractivity contribution in [3.8, 4) is 0 Å². The fourth-order valence-corrected chi connectivity index (χ4v) is 3.71. The first-order valence-corrected chi connectivity index (χ1v) is 8.43. The molecule has 0 aliphatic carbocycles. The third-order valence-electron chi connectivity index (χ3n) is 3.80. The highest BCUT2D eigenvalue weighted by Gasteiger charge is 2.39. The zero-order valence-electron chi connectivity index (χ0n) is 13.5. The maximum atomic E-state index is 12.6. The van der Waals surface area contributed by atoms with E-state index in [4.69, 9.17) is 4.74 Å². The fourth-order valence-electron chi connectivity index (χ4n) is 2.66. The molecule has 7 heteroatoms. The molecular formula is C18H16N2O4S. The maximum Gasteiger partial charge on any atom is 0.420 e. The van der Waals surface area contributed by atoms with E-state index in [0.717, 1.165) is 23.2 Å². The van der Waals surface area contributed by atoms with Crippen LogP contribution in [0, 0.1) is 0 Å². The number of nitrogens with zero attached hydrogens (tertiary/aromatic N) is 1. The smallest absolute Gasteiger partial charge is 0.419 e. The molecule has 128 valence electrons. The molecule has 0 bridgehead atoms. The number of hydrogen-bond acceptors (Lipinski definition) is 5. The highest BCUT2D eigenvalue weighted by molar-refractivity contribution is 7.19. The van der Waals surface area contributed by atoms with Crippen molar-refractivity contribution in [3.05, 3.63) is 59.7 Å². The predicted molar refractivity (Wildman–Crippen MR) is 96.0 cm³/mol. The molecule has 6 nitrogen and oxygen atoms in total. The third kappa shape index (κ3) is 3.32. The van der Waals surface area contributed by atoms with Crippen LogP contribution < -0.4 is 10.2 Å². The third-order valence-corrected chi connectivity index (χ3v) is 5.04. The minimum atomic E-state index is -0.777. The number of hydrogen-bond donors (Lipinski definition) is 1. The lowest BCUT2D eigenvalue weighted by atomic mass is 10.0. The number of fused-ring (bicyclic) bond motifs is 1. The minimum Gasteiger partial charge on any atom is -0.419 e. The number of amides is 2. The number of nitrogens with one attached hydrogen (secondary N) is 1. The quantitative estimate of drug-likeness (QED) is 0.671. The average molecular weight is 356 g/mol. The lowest BCUT2D eigenvalue weighted by Gasteiger charge is -2.33. The Kier molecular flexibility index (Phi) is 4.67. The molecule has 1 aliphatic heterocycles. The molecule has 2 heterocycles. The van der Waals surface area contributed by atoms with Crippen LogP contribution >= 0.6 is 11.3 Å². The van der Waals surface area contributed by atoms with Crippen LogP contribution in [0.3, 0.4) is 0 Å². The lowest BCUT2D eigenvalue weighted by Crippen LogP contribution is -2.51. The van der Waals surface area contributed by atoms with Crippen LogP contribution in [0.5, 0.6) is 0 Å². The van der Waals surface area contributed by atoms with Gasteiger partial charge in [-0.25, -0.2) is 4.79 Å². The molecule has 3 rings (SSSR count). The van der Waals surface area contributed by atoms with Gasteiger partial charge < -0.3 is 10.1 Å². The van der Waals surface area contributed by atoms with Crippen LogP contribution in [0.25, 0.3) is 0 Å². The zero-order chi connectivity index (χ0) is 18.0. The molecule has 0 saturated heterocycles. The normalized spacial score (nSPS) is 16.0. The number of ether oxygens (including phenoxy) is 1. The van der Waals surface area contributed by atoms with Gasteiger partial charge in [-0.1, -0.05) is 36.9 Å². The number of ketones is 1. The first-order chi connectivity index (χ1) is 12.0. The molecule has 2 amide bonds. The van der Waals surface area contributed by atoms with Gasteiger partial charge in [0.25, 0.3) is 0 Å². The number of rotatable bonds is 4. The summed E-state index contributed by atoms with van der Waals surface area (Å²) in [5, 5.41) is 3.26. The lowest BCUT2D eigenvalue weighted by molar-refractivity contribution is -0.117. The number of carbonyl (C=O) groups excluding carboxylic acids is 3. The highest BCUT2D eigenvalue weighted by atomic mass is 32.1. The maximum absolute atomic E-state index is 12.6. The Hall–Kier alpha value is -2.93. The van der Waals surface area contributed by atoms with Gasteiger partial charge in [0.2, 0.25) is 5.91 Å². The van der Waals surface area contributed by atoms with Crippen LogP contribution in [0.1, 0.15) is 22.2 Å². The summed E-state index contributed by atoms with van der Waals surface area (Å²) in [6.07, 6.45) is 0.642. The molecule has 0 fully saturated rings. The van der Waals surface area contributed by atoms with E-state index in [1.165, 1.54) is 11.8 Å². The Balaban J connectivity index is 2.03. The van der Waals surface area contributed by atoms with Gasteiger partial charge in [0.15, 0.2) is 5.78 Å². The van der Waals surface area contributed by atoms with Crippen molar-refractivity contribution in [2.45, 2.75) is 19.4 Å². The summed E-state index contributed by atoms with van der Waals surface area (Å²) in [7, 11) is 0. The summed E-state index contributed by atoms with van der Waals surface area (Å²) in [6, 6.07) is 10.2. The van der Waals surface area contributed by atoms with Crippen LogP contribution in [0.15, 0.2) is 49.2 Å². The summed E-state index contributed by atoms with van der Waals surface area (Å²) in [6.45, 7) is 4.83. The Morgan fingerprint density at radius 3 is 2.72 bits per heavy atom. The number of anilines is 2. The van der Waals surface area contributed by atoms with E-state index in [1.54, 1.807) is 6.07 Å². The molecule has 1 aromatic heterocycles. The first-order valence-electron chi connectivity index (χ1n) is 7.61. The van der Waals surface area contributed by atoms with Gasteiger partial charge in [-0.05, 0) is 18.6 Å². The van der Waals surface area contributed by atoms with Crippen LogP contribution in [-0.2, 0) is 16.0 Å². The van der Waals surface area contributed by atoms with E-state index in [1.807, 2.05) is 30.3 Å². The van der Waals surface area contributed by atoms with Crippen molar-refractivity contribution in [1.29, 1.82) is 0 Å². The minimum absolute atomic E-state index is 0.134. The molecule has 2 aromatic rings. The number of benzene rings is 1. The first kappa shape index (κ1) is 16.9. The van der Waals surface area contributed by atoms with E-state index in [2.05, 4.69) is 11.9 Å². The van der Waals surface area contributed by atoms with Gasteiger partial charge in [0.1, 0.15) is 11.0 Å². The second kappa shape index (κ2) is 6.90. The van der Waals surface area contributed by atoms with Crippen LogP contribution in [0.4, 0.5) is 15.5 Å². The van der Waals surface area contributed by atoms with E-state index >= 15 is 0 Å². The Labute approximate surface area is 148 Å². The van der Waals surface area contributed by atoms with Crippen molar-refractivity contribution in [2.75, 3.05) is 10.2 Å². The molecule has 25 heavy (non-hydrogen) atoms. The van der Waals surface area contributed by atoms with Gasteiger partial charge in [0.05, 0.1) is 16.8 Å². The molecule has 1 aromatic carbocycles. The molecule has 1 aliphatic rings. The number of thiophene rings is 1. The van der Waals surface area contributed by atoms with Gasteiger partial charge in [-0.3, -0.25) is 14.5 Å². The zero-order valence-corrected chi connectivity index (χ0v) is 14.3. The predicted octanol–water partition coefficient (Wildman–Crippen LogP) is 3.60. The Bertz CT molecular complexity index is 844. The summed E-state index contributed by atoms with van der Waals surface area (Å²) >= 11 is 1.15. The molecule has 0 unspecified atom stereocenters. The average Bonchev–Trinajstić information content (AvgIpc) is 3.00. The molecular weight excluding hydrogens is 340 g/mol. The molecule has 1 atom stereocenters. The van der Waals surface area contributed by atoms with Crippen molar-refractivity contribution in [3.63, 3.8) is 0 Å². The molecule has 0 radical (unpaired) electrons. The topological polar surface area (TPSA) is 75.7 Å². The summed E-state index contributed by atoms with van der Waals surface area (Å²) in [5.41, 5.74) is 1.34. The van der Waals surface area contributed by atoms with Crippen molar-refractivity contribution in [1.82, 2.24) is 0 Å². The molecule has 0 spiro atoms. The van der Waals surface area contributed by atoms with E-state index in [9.17, 15) is 14.4 Å². The van der Waals surface area contributed by atoms with E-state index in [-0.39, 0.29) is 11.7 Å². The number of carbonyl (C=O) groups is 3. The summed E-state index contributed by atoms with van der Waals surface area (Å²) in [5.74, 6) is -0.462. The van der Waals surface area contributed by atoms with Crippen molar-refractivity contribution < 1.29 is 19.1 Å². The van der Waals surface area contributed by atoms with Crippen molar-refractivity contribution >= 4 is 39.8 Å². The van der Waals surface area contributed by atoms with E-state index < -0.39 is 12.1 Å². The Morgan fingerprint density at radius 2 is 2.08 bits per heavy atom. The monoisotopic (exact) mass is 356 g/mol. The SMILES string of the molecule is C=COC(=O)N1c2sc(C(C)=O)cc2NC(=O)[C@@H]1Cc1ccccc1.